The molecule has 0 aromatic rings. The third-order valence-electron chi connectivity index (χ3n) is 20.4. The molecule has 16 nitrogen and oxygen atoms in total. The number of allylic oxidation sites excluding steroid dienone is 2. The number of aliphatic hydroxyl groups excluding tert-OH is 16. The van der Waals surface area contributed by atoms with Gasteiger partial charge in [0.25, 0.3) is 0 Å². The number of hydrogen-bond acceptors (Lipinski definition) is 16. The first-order valence-electron chi connectivity index (χ1n) is 49.3. The van der Waals surface area contributed by atoms with E-state index in [1.807, 2.05) is 0 Å². The zero-order valence-corrected chi connectivity index (χ0v) is 78.1. The molecule has 0 amide bonds. The van der Waals surface area contributed by atoms with Gasteiger partial charge in [0.2, 0.25) is 0 Å². The van der Waals surface area contributed by atoms with Crippen molar-refractivity contribution in [1.82, 2.24) is 0 Å². The summed E-state index contributed by atoms with van der Waals surface area (Å²) in [6.07, 6.45) is 85.9. The maximum atomic E-state index is 9.01. The van der Waals surface area contributed by atoms with Gasteiger partial charge in [0.05, 0.1) is 102 Å². The number of aliphatic hydroxyl groups is 16. The topological polar surface area (TPSA) is 324 Å². The van der Waals surface area contributed by atoms with Gasteiger partial charge in [-0.15, -0.1) is 0 Å². The minimum atomic E-state index is -0.490. The molecular weight excluding hydrogens is 1430 g/mol. The highest BCUT2D eigenvalue weighted by atomic mass is 16.3. The minimum absolute atomic E-state index is 0.0883. The van der Waals surface area contributed by atoms with Crippen LogP contribution in [0.4, 0.5) is 0 Å². The lowest BCUT2D eigenvalue weighted by atomic mass is 10.1. The summed E-state index contributed by atoms with van der Waals surface area (Å²) in [5.74, 6) is 0. The fourth-order valence-electron chi connectivity index (χ4n) is 12.3. The van der Waals surface area contributed by atoms with E-state index in [-0.39, 0.29) is 52.9 Å². The summed E-state index contributed by atoms with van der Waals surface area (Å²) in [5, 5.41) is 140. The first-order valence-corrected chi connectivity index (χ1v) is 49.3. The van der Waals surface area contributed by atoms with Crippen LogP contribution in [0.2, 0.25) is 0 Å². The van der Waals surface area contributed by atoms with E-state index in [9.17, 15) is 0 Å². The van der Waals surface area contributed by atoms with Crippen LogP contribution in [0.25, 0.3) is 0 Å². The van der Waals surface area contributed by atoms with Gasteiger partial charge in [-0.2, -0.15) is 0 Å². The maximum Gasteiger partial charge on any atom is 0.0770 e. The van der Waals surface area contributed by atoms with E-state index in [4.69, 9.17) is 81.7 Å². The Balaban J connectivity index is -0.000000156. The van der Waals surface area contributed by atoms with Crippen molar-refractivity contribution in [2.75, 3.05) is 52.9 Å². The summed E-state index contributed by atoms with van der Waals surface area (Å²) in [6, 6.07) is 0. The normalized spacial score (nSPS) is 13.0. The molecule has 0 heterocycles. The third-order valence-corrected chi connectivity index (χ3v) is 20.4. The second kappa shape index (κ2) is 130. The molecule has 0 bridgehead atoms. The van der Waals surface area contributed by atoms with E-state index < -0.39 is 48.8 Å². The van der Waals surface area contributed by atoms with E-state index in [0.717, 1.165) is 103 Å². The molecule has 16 N–H and O–H groups in total. The Labute approximate surface area is 710 Å². The Kier molecular flexibility index (Phi) is 150. The van der Waals surface area contributed by atoms with Crippen molar-refractivity contribution < 1.29 is 81.7 Å². The highest BCUT2D eigenvalue weighted by Gasteiger charge is 2.07. The van der Waals surface area contributed by atoms with Crippen molar-refractivity contribution in [2.45, 2.75) is 568 Å². The zero-order valence-electron chi connectivity index (χ0n) is 78.1. The highest BCUT2D eigenvalue weighted by molar-refractivity contribution is 4.81. The van der Waals surface area contributed by atoms with Crippen LogP contribution in [0.1, 0.15) is 519 Å². The summed E-state index contributed by atoms with van der Waals surface area (Å²) >= 11 is 0. The summed E-state index contributed by atoms with van der Waals surface area (Å²) < 4.78 is 0. The molecule has 700 valence electrons. The molecule has 0 aromatic carbocycles. The molecule has 0 spiro atoms. The third kappa shape index (κ3) is 152. The van der Waals surface area contributed by atoms with Gasteiger partial charge in [0.1, 0.15) is 0 Å². The number of hydrogen-bond donors (Lipinski definition) is 16. The van der Waals surface area contributed by atoms with Gasteiger partial charge in [0.15, 0.2) is 0 Å². The number of unbranched alkanes of at least 4 members (excludes halogenated alkanes) is 52. The van der Waals surface area contributed by atoms with Crippen LogP contribution in [-0.4, -0.2) is 183 Å². The first-order chi connectivity index (χ1) is 55.4. The van der Waals surface area contributed by atoms with Crippen LogP contribution in [0.5, 0.6) is 0 Å². The molecule has 0 aliphatic heterocycles. The second-order valence-corrected chi connectivity index (χ2v) is 32.7. The molecule has 0 saturated heterocycles. The maximum absolute atomic E-state index is 9.01. The van der Waals surface area contributed by atoms with Gasteiger partial charge in [-0.1, -0.05) is 454 Å². The minimum Gasteiger partial charge on any atom is -0.394 e. The molecule has 8 unspecified atom stereocenters. The zero-order chi connectivity index (χ0) is 87.2. The van der Waals surface area contributed by atoms with Gasteiger partial charge >= 0.3 is 0 Å². The van der Waals surface area contributed by atoms with E-state index in [1.54, 1.807) is 0 Å². The van der Waals surface area contributed by atoms with E-state index >= 15 is 0 Å². The van der Waals surface area contributed by atoms with Crippen LogP contribution >= 0.6 is 0 Å². The Morgan fingerprint density at radius 2 is 0.219 bits per heavy atom. The average molecular weight is 1650 g/mol. The largest absolute Gasteiger partial charge is 0.394 e. The molecule has 114 heavy (non-hydrogen) atoms. The fraction of sp³-hybridized carbons (Fsp3) is 0.980. The molecule has 16 heteroatoms. The molecule has 0 fully saturated rings. The highest BCUT2D eigenvalue weighted by Crippen LogP contribution is 2.16. The van der Waals surface area contributed by atoms with Crippen LogP contribution < -0.4 is 0 Å². The van der Waals surface area contributed by atoms with Crippen LogP contribution in [0.3, 0.4) is 0 Å². The van der Waals surface area contributed by atoms with Crippen molar-refractivity contribution in [2.24, 2.45) is 0 Å². The Morgan fingerprint density at radius 3 is 0.316 bits per heavy atom. The predicted molar refractivity (Wildman–Crippen MR) is 494 cm³/mol. The Bertz CT molecular complexity index is 1220. The molecule has 8 atom stereocenters. The van der Waals surface area contributed by atoms with Gasteiger partial charge in [0, 0.05) is 0 Å². The van der Waals surface area contributed by atoms with E-state index in [1.165, 1.54) is 347 Å². The molecule has 0 aliphatic rings. The second-order valence-electron chi connectivity index (χ2n) is 32.7. The molecular formula is C98H212O16. The fourth-order valence-corrected chi connectivity index (χ4v) is 12.3. The van der Waals surface area contributed by atoms with Gasteiger partial charge in [-0.25, -0.2) is 0 Å². The van der Waals surface area contributed by atoms with Crippen LogP contribution in [-0.2, 0) is 0 Å². The summed E-state index contributed by atoms with van der Waals surface area (Å²) in [4.78, 5) is 0. The lowest BCUT2D eigenvalue weighted by molar-refractivity contribution is 0.0859. The molecule has 0 aliphatic carbocycles. The number of rotatable bonds is 78. The molecule has 0 radical (unpaired) electrons. The quantitative estimate of drug-likeness (QED) is 0.0199. The lowest BCUT2D eigenvalue weighted by Crippen LogP contribution is -2.10. The standard InChI is InChI=1S/C18H36.8C10H22O2/c1-3-5-7-9-11-13-15-17-18-16-14-12-10-8-6-4-2;8*1-2-3-4-5-6-7-8-10(12)9-11/h17-18H,3-16H2,1-2H3;8*10-12H,2-9H2,1H3/b18-17+;;;;;;;;. The summed E-state index contributed by atoms with van der Waals surface area (Å²) in [7, 11) is 0. The van der Waals surface area contributed by atoms with Crippen molar-refractivity contribution in [3.05, 3.63) is 12.2 Å². The van der Waals surface area contributed by atoms with Crippen LogP contribution in [0.15, 0.2) is 12.2 Å². The monoisotopic (exact) mass is 1650 g/mol. The Hall–Kier alpha value is -0.900. The molecule has 0 aromatic heterocycles. The van der Waals surface area contributed by atoms with E-state index in [0.29, 0.717) is 0 Å². The SMILES string of the molecule is CCCCCCCC/C=C/CCCCCCCC.CCCCCCCCC(O)CO.CCCCCCCCC(O)CO.CCCCCCCCC(O)CO.CCCCCCCCC(O)CO.CCCCCCCCC(O)CO.CCCCCCCCC(O)CO.CCCCCCCCC(O)CO.CCCCCCCCC(O)CO. The van der Waals surface area contributed by atoms with Gasteiger partial charge in [-0.3, -0.25) is 0 Å². The van der Waals surface area contributed by atoms with Gasteiger partial charge in [-0.05, 0) is 77.0 Å². The summed E-state index contributed by atoms with van der Waals surface area (Å²) in [5.41, 5.74) is 0. The van der Waals surface area contributed by atoms with Crippen molar-refractivity contribution in [3.8, 4) is 0 Å². The average Bonchev–Trinajstić information content (AvgIpc) is 2.54. The smallest absolute Gasteiger partial charge is 0.0770 e. The van der Waals surface area contributed by atoms with Crippen molar-refractivity contribution >= 4 is 0 Å². The lowest BCUT2D eigenvalue weighted by Gasteiger charge is -2.05. The Morgan fingerprint density at radius 1 is 0.132 bits per heavy atom. The van der Waals surface area contributed by atoms with E-state index in [2.05, 4.69) is 81.4 Å². The van der Waals surface area contributed by atoms with Crippen LogP contribution in [0, 0.1) is 0 Å². The molecule has 0 rings (SSSR count). The summed E-state index contributed by atoms with van der Waals surface area (Å²) in [6.45, 7) is 21.5. The first kappa shape index (κ1) is 131. The molecule has 0 saturated carbocycles. The van der Waals surface area contributed by atoms with Crippen molar-refractivity contribution in [1.29, 1.82) is 0 Å². The van der Waals surface area contributed by atoms with Gasteiger partial charge < -0.3 is 81.7 Å². The predicted octanol–water partition coefficient (Wildman–Crippen LogP) is 23.8. The van der Waals surface area contributed by atoms with Crippen molar-refractivity contribution in [3.63, 3.8) is 0 Å².